The second kappa shape index (κ2) is 2.38. The second-order valence-corrected chi connectivity index (χ2v) is 2.94. The molecule has 2 rings (SSSR count). The van der Waals surface area contributed by atoms with Gasteiger partial charge in [-0.2, -0.15) is 0 Å². The molecule has 0 aliphatic rings. The molecule has 1 aromatic heterocycles. The van der Waals surface area contributed by atoms with Crippen molar-refractivity contribution in [2.75, 3.05) is 5.73 Å². The molecule has 0 atom stereocenters. The second-order valence-electron chi connectivity index (χ2n) is 2.53. The molecule has 0 unspecified atom stereocenters. The summed E-state index contributed by atoms with van der Waals surface area (Å²) >= 11 is 5.57. The summed E-state index contributed by atoms with van der Waals surface area (Å²) in [4.78, 5) is 2.83. The molecule has 4 heteroatoms. The van der Waals surface area contributed by atoms with Gasteiger partial charge in [-0.3, -0.25) is 0 Å². The number of H-pyrrole nitrogens is 1. The van der Waals surface area contributed by atoms with E-state index >= 15 is 0 Å². The fourth-order valence-electron chi connectivity index (χ4n) is 1.18. The maximum absolute atomic E-state index is 13.3. The quantitative estimate of drug-likeness (QED) is 0.649. The molecule has 3 N–H and O–H groups in total. The average molecular weight is 185 g/mol. The Kier molecular flexibility index (Phi) is 1.48. The smallest absolute Gasteiger partial charge is 0.153 e. The van der Waals surface area contributed by atoms with Crippen LogP contribution in [0.25, 0.3) is 10.9 Å². The average Bonchev–Trinajstić information content (AvgIpc) is 2.41. The van der Waals surface area contributed by atoms with E-state index in [1.54, 1.807) is 12.3 Å². The SMILES string of the molecule is Nc1c[nH]c2ccc(Cl)c(F)c12. The molecule has 2 aromatic rings. The molecule has 0 radical (unpaired) electrons. The van der Waals surface area contributed by atoms with Crippen LogP contribution in [0.5, 0.6) is 0 Å². The van der Waals surface area contributed by atoms with Gasteiger partial charge in [-0.15, -0.1) is 0 Å². The first kappa shape index (κ1) is 7.43. The van der Waals surface area contributed by atoms with E-state index < -0.39 is 5.82 Å². The summed E-state index contributed by atoms with van der Waals surface area (Å²) in [5.74, 6) is -0.465. The Labute approximate surface area is 73.1 Å². The molecule has 0 aliphatic carbocycles. The molecule has 62 valence electrons. The van der Waals surface area contributed by atoms with Crippen LogP contribution in [0, 0.1) is 5.82 Å². The molecular formula is C8H6ClFN2. The number of halogens is 2. The summed E-state index contributed by atoms with van der Waals surface area (Å²) < 4.78 is 13.3. The van der Waals surface area contributed by atoms with Crippen molar-refractivity contribution in [1.82, 2.24) is 4.98 Å². The van der Waals surface area contributed by atoms with E-state index in [0.717, 1.165) is 0 Å². The number of nitrogens with two attached hydrogens (primary N) is 1. The highest BCUT2D eigenvalue weighted by Gasteiger charge is 2.08. The molecule has 0 spiro atoms. The van der Waals surface area contributed by atoms with Gasteiger partial charge in [-0.25, -0.2) is 4.39 Å². The van der Waals surface area contributed by atoms with Crippen molar-refractivity contribution in [3.8, 4) is 0 Å². The number of aromatic amines is 1. The number of benzene rings is 1. The van der Waals surface area contributed by atoms with Crippen molar-refractivity contribution in [2.45, 2.75) is 0 Å². The molecule has 0 saturated carbocycles. The summed E-state index contributed by atoms with van der Waals surface area (Å²) in [7, 11) is 0. The summed E-state index contributed by atoms with van der Waals surface area (Å²) in [6.07, 6.45) is 1.55. The summed E-state index contributed by atoms with van der Waals surface area (Å²) in [6.45, 7) is 0. The number of fused-ring (bicyclic) bond motifs is 1. The van der Waals surface area contributed by atoms with Crippen LogP contribution in [-0.4, -0.2) is 4.98 Å². The number of hydrogen-bond donors (Lipinski definition) is 2. The lowest BCUT2D eigenvalue weighted by Crippen LogP contribution is -1.84. The number of nitrogens with one attached hydrogen (secondary N) is 1. The van der Waals surface area contributed by atoms with Gasteiger partial charge in [-0.05, 0) is 12.1 Å². The number of hydrogen-bond acceptors (Lipinski definition) is 1. The molecule has 0 saturated heterocycles. The first-order valence-corrected chi connectivity index (χ1v) is 3.78. The zero-order valence-electron chi connectivity index (χ0n) is 6.07. The van der Waals surface area contributed by atoms with Crippen LogP contribution in [0.2, 0.25) is 5.02 Å². The molecule has 12 heavy (non-hydrogen) atoms. The molecule has 0 amide bonds. The third-order valence-electron chi connectivity index (χ3n) is 1.77. The number of nitrogen functional groups attached to an aromatic ring is 1. The van der Waals surface area contributed by atoms with Gasteiger partial charge in [0.2, 0.25) is 0 Å². The van der Waals surface area contributed by atoms with E-state index in [4.69, 9.17) is 17.3 Å². The van der Waals surface area contributed by atoms with E-state index in [1.165, 1.54) is 6.07 Å². The Morgan fingerprint density at radius 1 is 1.42 bits per heavy atom. The van der Waals surface area contributed by atoms with Crippen molar-refractivity contribution >= 4 is 28.2 Å². The first-order valence-electron chi connectivity index (χ1n) is 3.40. The Hall–Kier alpha value is -1.22. The van der Waals surface area contributed by atoms with Crippen LogP contribution >= 0.6 is 11.6 Å². The Bertz CT molecular complexity index is 436. The van der Waals surface area contributed by atoms with E-state index in [2.05, 4.69) is 4.98 Å². The molecule has 2 nitrogen and oxygen atoms in total. The van der Waals surface area contributed by atoms with Crippen LogP contribution < -0.4 is 5.73 Å². The van der Waals surface area contributed by atoms with E-state index in [0.29, 0.717) is 16.6 Å². The third-order valence-corrected chi connectivity index (χ3v) is 2.06. The summed E-state index contributed by atoms with van der Waals surface area (Å²) in [5.41, 5.74) is 6.56. The predicted molar refractivity (Wildman–Crippen MR) is 47.7 cm³/mol. The minimum Gasteiger partial charge on any atom is -0.397 e. The van der Waals surface area contributed by atoms with Crippen molar-refractivity contribution in [1.29, 1.82) is 0 Å². The van der Waals surface area contributed by atoms with E-state index in [-0.39, 0.29) is 5.02 Å². The van der Waals surface area contributed by atoms with Gasteiger partial charge in [-0.1, -0.05) is 11.6 Å². The highest BCUT2D eigenvalue weighted by molar-refractivity contribution is 6.31. The molecule has 0 aliphatic heterocycles. The molecule has 1 aromatic carbocycles. The Morgan fingerprint density at radius 3 is 2.92 bits per heavy atom. The minimum absolute atomic E-state index is 0.0915. The lowest BCUT2D eigenvalue weighted by Gasteiger charge is -1.96. The Balaban J connectivity index is 2.96. The van der Waals surface area contributed by atoms with Crippen molar-refractivity contribution in [2.24, 2.45) is 0 Å². The van der Waals surface area contributed by atoms with Crippen LogP contribution in [0.15, 0.2) is 18.3 Å². The fraction of sp³-hybridized carbons (Fsp3) is 0. The van der Waals surface area contributed by atoms with Gasteiger partial charge in [0.1, 0.15) is 0 Å². The largest absolute Gasteiger partial charge is 0.397 e. The van der Waals surface area contributed by atoms with E-state index in [1.807, 2.05) is 0 Å². The van der Waals surface area contributed by atoms with Crippen LogP contribution in [0.4, 0.5) is 10.1 Å². The van der Waals surface area contributed by atoms with Gasteiger partial charge in [0, 0.05) is 6.20 Å². The standard InChI is InChI=1S/C8H6ClFN2/c9-4-1-2-6-7(8(4)10)5(11)3-12-6/h1-3,12H,11H2. The van der Waals surface area contributed by atoms with Gasteiger partial charge in [0.25, 0.3) is 0 Å². The molecule has 0 bridgehead atoms. The molecule has 0 fully saturated rings. The van der Waals surface area contributed by atoms with Gasteiger partial charge >= 0.3 is 0 Å². The minimum atomic E-state index is -0.465. The van der Waals surface area contributed by atoms with Gasteiger partial charge in [0.05, 0.1) is 21.6 Å². The Morgan fingerprint density at radius 2 is 2.17 bits per heavy atom. The first-order chi connectivity index (χ1) is 5.70. The summed E-state index contributed by atoms with van der Waals surface area (Å²) in [5, 5.41) is 0.455. The number of aromatic nitrogens is 1. The highest BCUT2D eigenvalue weighted by Crippen LogP contribution is 2.28. The van der Waals surface area contributed by atoms with Crippen LogP contribution in [-0.2, 0) is 0 Å². The zero-order chi connectivity index (χ0) is 8.72. The van der Waals surface area contributed by atoms with Crippen LogP contribution in [0.1, 0.15) is 0 Å². The molecular weight excluding hydrogens is 179 g/mol. The summed E-state index contributed by atoms with van der Waals surface area (Å²) in [6, 6.07) is 3.19. The third kappa shape index (κ3) is 0.865. The van der Waals surface area contributed by atoms with Crippen LogP contribution in [0.3, 0.4) is 0 Å². The topological polar surface area (TPSA) is 41.8 Å². The lowest BCUT2D eigenvalue weighted by atomic mass is 10.2. The number of rotatable bonds is 0. The monoisotopic (exact) mass is 184 g/mol. The fourth-order valence-corrected chi connectivity index (χ4v) is 1.34. The lowest BCUT2D eigenvalue weighted by molar-refractivity contribution is 0.641. The maximum atomic E-state index is 13.3. The van der Waals surface area contributed by atoms with Crippen molar-refractivity contribution in [3.63, 3.8) is 0 Å². The van der Waals surface area contributed by atoms with E-state index in [9.17, 15) is 4.39 Å². The normalized spacial score (nSPS) is 10.8. The highest BCUT2D eigenvalue weighted by atomic mass is 35.5. The van der Waals surface area contributed by atoms with Crippen molar-refractivity contribution in [3.05, 3.63) is 29.2 Å². The zero-order valence-corrected chi connectivity index (χ0v) is 6.82. The van der Waals surface area contributed by atoms with Crippen molar-refractivity contribution < 1.29 is 4.39 Å². The predicted octanol–water partition coefficient (Wildman–Crippen LogP) is 2.54. The van der Waals surface area contributed by atoms with Gasteiger partial charge < -0.3 is 10.7 Å². The number of anilines is 1. The van der Waals surface area contributed by atoms with Gasteiger partial charge in [0.15, 0.2) is 5.82 Å². The molecule has 1 heterocycles. The maximum Gasteiger partial charge on any atom is 0.153 e.